The van der Waals surface area contributed by atoms with Crippen LogP contribution in [0.15, 0.2) is 27.7 Å². The fourth-order valence-corrected chi connectivity index (χ4v) is 1.90. The zero-order valence-corrected chi connectivity index (χ0v) is 13.5. The maximum atomic E-state index is 13.5. The molecule has 112 valence electrons. The molecule has 1 aromatic carbocycles. The lowest BCUT2D eigenvalue weighted by Crippen LogP contribution is -2.34. The molecular formula is C14H20BrFN2O2. The van der Waals surface area contributed by atoms with E-state index >= 15 is 0 Å². The number of amidine groups is 1. The van der Waals surface area contributed by atoms with E-state index in [2.05, 4.69) is 20.9 Å². The zero-order chi connectivity index (χ0) is 15.1. The standard InChI is InChI=1S/C14H20BrFN2O2/c1-4-19-14(20-5-2)13(17)18-9(3)10-6-7-11(15)12(16)8-10/h6-9,14H,4-5H2,1-3H3,(H2,17,18). The van der Waals surface area contributed by atoms with Crippen LogP contribution < -0.4 is 5.73 Å². The Labute approximate surface area is 127 Å². The number of halogens is 2. The van der Waals surface area contributed by atoms with Crippen LogP contribution in [-0.4, -0.2) is 25.3 Å². The molecule has 2 N–H and O–H groups in total. The van der Waals surface area contributed by atoms with Crippen LogP contribution in [0.2, 0.25) is 0 Å². The molecule has 0 saturated carbocycles. The number of aliphatic imine (C=N–C) groups is 1. The predicted molar refractivity (Wildman–Crippen MR) is 81.2 cm³/mol. The SMILES string of the molecule is CCOC(OCC)C(N)=NC(C)c1ccc(Br)c(F)c1. The number of ether oxygens (including phenoxy) is 2. The van der Waals surface area contributed by atoms with Gasteiger partial charge < -0.3 is 15.2 Å². The summed E-state index contributed by atoms with van der Waals surface area (Å²) in [6, 6.07) is 4.60. The molecule has 0 aliphatic carbocycles. The van der Waals surface area contributed by atoms with E-state index in [0.717, 1.165) is 5.56 Å². The van der Waals surface area contributed by atoms with Crippen molar-refractivity contribution in [2.24, 2.45) is 10.7 Å². The Hall–Kier alpha value is -0.980. The highest BCUT2D eigenvalue weighted by atomic mass is 79.9. The largest absolute Gasteiger partial charge is 0.383 e. The molecule has 20 heavy (non-hydrogen) atoms. The zero-order valence-electron chi connectivity index (χ0n) is 11.9. The van der Waals surface area contributed by atoms with Gasteiger partial charge in [-0.05, 0) is 54.4 Å². The van der Waals surface area contributed by atoms with Crippen LogP contribution in [0, 0.1) is 5.82 Å². The number of nitrogens with zero attached hydrogens (tertiary/aromatic N) is 1. The lowest BCUT2D eigenvalue weighted by Gasteiger charge is -2.18. The van der Waals surface area contributed by atoms with Gasteiger partial charge in [0.25, 0.3) is 0 Å². The molecule has 0 saturated heterocycles. The van der Waals surface area contributed by atoms with Gasteiger partial charge in [0.15, 0.2) is 5.84 Å². The summed E-state index contributed by atoms with van der Waals surface area (Å²) in [5.41, 5.74) is 6.63. The van der Waals surface area contributed by atoms with Gasteiger partial charge in [0.05, 0.1) is 10.5 Å². The van der Waals surface area contributed by atoms with E-state index in [4.69, 9.17) is 15.2 Å². The van der Waals surface area contributed by atoms with Gasteiger partial charge in [0, 0.05) is 13.2 Å². The smallest absolute Gasteiger partial charge is 0.216 e. The second kappa shape index (κ2) is 8.34. The predicted octanol–water partition coefficient (Wildman–Crippen LogP) is 3.41. The summed E-state index contributed by atoms with van der Waals surface area (Å²) >= 11 is 3.12. The average Bonchev–Trinajstić information content (AvgIpc) is 2.41. The molecule has 0 aliphatic rings. The lowest BCUT2D eigenvalue weighted by atomic mass is 10.1. The van der Waals surface area contributed by atoms with Crippen molar-refractivity contribution in [1.29, 1.82) is 0 Å². The van der Waals surface area contributed by atoms with Gasteiger partial charge in [-0.15, -0.1) is 0 Å². The van der Waals surface area contributed by atoms with Gasteiger partial charge in [0.1, 0.15) is 5.82 Å². The van der Waals surface area contributed by atoms with Crippen LogP contribution in [-0.2, 0) is 9.47 Å². The Morgan fingerprint density at radius 3 is 2.45 bits per heavy atom. The number of benzene rings is 1. The molecule has 0 radical (unpaired) electrons. The molecule has 0 aliphatic heterocycles. The normalized spacial score (nSPS) is 13.8. The van der Waals surface area contributed by atoms with Crippen LogP contribution >= 0.6 is 15.9 Å². The Morgan fingerprint density at radius 1 is 1.35 bits per heavy atom. The van der Waals surface area contributed by atoms with E-state index in [1.165, 1.54) is 6.07 Å². The van der Waals surface area contributed by atoms with Crippen molar-refractivity contribution in [1.82, 2.24) is 0 Å². The number of nitrogens with two attached hydrogens (primary N) is 1. The number of hydrogen-bond acceptors (Lipinski definition) is 3. The minimum absolute atomic E-state index is 0.254. The first-order valence-corrected chi connectivity index (χ1v) is 7.30. The topological polar surface area (TPSA) is 56.8 Å². The molecular weight excluding hydrogens is 327 g/mol. The van der Waals surface area contributed by atoms with Crippen molar-refractivity contribution in [2.75, 3.05) is 13.2 Å². The van der Waals surface area contributed by atoms with Crippen LogP contribution in [0.3, 0.4) is 0 Å². The Bertz CT molecular complexity index is 462. The molecule has 0 bridgehead atoms. The fraction of sp³-hybridized carbons (Fsp3) is 0.500. The summed E-state index contributed by atoms with van der Waals surface area (Å²) in [4.78, 5) is 4.32. The summed E-state index contributed by atoms with van der Waals surface area (Å²) in [5, 5.41) is 0. The van der Waals surface area contributed by atoms with E-state index in [1.54, 1.807) is 12.1 Å². The van der Waals surface area contributed by atoms with E-state index in [-0.39, 0.29) is 17.7 Å². The third-order valence-corrected chi connectivity index (χ3v) is 3.29. The van der Waals surface area contributed by atoms with Crippen molar-refractivity contribution in [3.05, 3.63) is 34.1 Å². The minimum atomic E-state index is -0.659. The number of hydrogen-bond donors (Lipinski definition) is 1. The van der Waals surface area contributed by atoms with Crippen molar-refractivity contribution in [2.45, 2.75) is 33.1 Å². The highest BCUT2D eigenvalue weighted by Crippen LogP contribution is 2.22. The molecule has 0 spiro atoms. The second-order valence-corrected chi connectivity index (χ2v) is 5.00. The molecule has 1 unspecified atom stereocenters. The fourth-order valence-electron chi connectivity index (χ4n) is 1.65. The van der Waals surface area contributed by atoms with Crippen LogP contribution in [0.4, 0.5) is 4.39 Å². The first kappa shape index (κ1) is 17.1. The monoisotopic (exact) mass is 346 g/mol. The third-order valence-electron chi connectivity index (χ3n) is 2.65. The van der Waals surface area contributed by atoms with Crippen molar-refractivity contribution >= 4 is 21.8 Å². The molecule has 0 heterocycles. The second-order valence-electron chi connectivity index (χ2n) is 4.15. The minimum Gasteiger partial charge on any atom is -0.383 e. The molecule has 1 rings (SSSR count). The Balaban J connectivity index is 2.86. The van der Waals surface area contributed by atoms with Crippen molar-refractivity contribution in [3.8, 4) is 0 Å². The highest BCUT2D eigenvalue weighted by Gasteiger charge is 2.15. The van der Waals surface area contributed by atoms with E-state index in [9.17, 15) is 4.39 Å². The maximum Gasteiger partial charge on any atom is 0.216 e. The highest BCUT2D eigenvalue weighted by molar-refractivity contribution is 9.10. The van der Waals surface area contributed by atoms with Gasteiger partial charge in [0.2, 0.25) is 6.29 Å². The van der Waals surface area contributed by atoms with E-state index in [0.29, 0.717) is 17.7 Å². The molecule has 1 atom stereocenters. The molecule has 0 amide bonds. The quantitative estimate of drug-likeness (QED) is 0.467. The summed E-state index contributed by atoms with van der Waals surface area (Å²) < 4.78 is 24.7. The average molecular weight is 347 g/mol. The molecule has 4 nitrogen and oxygen atoms in total. The molecule has 0 aromatic heterocycles. The summed E-state index contributed by atoms with van der Waals surface area (Å²) in [7, 11) is 0. The first-order chi connectivity index (χ1) is 9.49. The number of rotatable bonds is 7. The summed E-state index contributed by atoms with van der Waals surface area (Å²) in [5.74, 6) is -0.0705. The van der Waals surface area contributed by atoms with Gasteiger partial charge >= 0.3 is 0 Å². The Morgan fingerprint density at radius 2 is 1.95 bits per heavy atom. The molecule has 6 heteroatoms. The maximum absolute atomic E-state index is 13.5. The first-order valence-electron chi connectivity index (χ1n) is 6.50. The van der Waals surface area contributed by atoms with Crippen molar-refractivity contribution < 1.29 is 13.9 Å². The van der Waals surface area contributed by atoms with Crippen LogP contribution in [0.25, 0.3) is 0 Å². The van der Waals surface area contributed by atoms with E-state index in [1.807, 2.05) is 20.8 Å². The van der Waals surface area contributed by atoms with Crippen LogP contribution in [0.5, 0.6) is 0 Å². The molecule has 0 fully saturated rings. The van der Waals surface area contributed by atoms with Gasteiger partial charge in [-0.3, -0.25) is 4.99 Å². The lowest BCUT2D eigenvalue weighted by molar-refractivity contribution is -0.0908. The van der Waals surface area contributed by atoms with Gasteiger partial charge in [-0.1, -0.05) is 6.07 Å². The van der Waals surface area contributed by atoms with Gasteiger partial charge in [-0.25, -0.2) is 4.39 Å². The Kier molecular flexibility index (Phi) is 7.12. The van der Waals surface area contributed by atoms with E-state index < -0.39 is 6.29 Å². The van der Waals surface area contributed by atoms with Crippen LogP contribution in [0.1, 0.15) is 32.4 Å². The molecule has 1 aromatic rings. The summed E-state index contributed by atoms with van der Waals surface area (Å²) in [6.07, 6.45) is -0.659. The van der Waals surface area contributed by atoms with Crippen molar-refractivity contribution in [3.63, 3.8) is 0 Å². The summed E-state index contributed by atoms with van der Waals surface area (Å²) in [6.45, 7) is 6.49. The third kappa shape index (κ3) is 4.85. The van der Waals surface area contributed by atoms with Gasteiger partial charge in [-0.2, -0.15) is 0 Å².